The van der Waals surface area contributed by atoms with Gasteiger partial charge in [0.05, 0.1) is 30.4 Å². The predicted molar refractivity (Wildman–Crippen MR) is 141 cm³/mol. The number of amides is 1. The van der Waals surface area contributed by atoms with Crippen LogP contribution in [0.15, 0.2) is 35.7 Å². The second-order valence-corrected chi connectivity index (χ2v) is 10.3. The van der Waals surface area contributed by atoms with Gasteiger partial charge in [-0.15, -0.1) is 11.3 Å². The van der Waals surface area contributed by atoms with E-state index in [1.165, 1.54) is 11.3 Å². The van der Waals surface area contributed by atoms with Gasteiger partial charge in [-0.3, -0.25) is 4.79 Å². The molecule has 0 aliphatic heterocycles. The lowest BCUT2D eigenvalue weighted by Crippen LogP contribution is -2.16. The van der Waals surface area contributed by atoms with Gasteiger partial charge in [-0.1, -0.05) is 23.7 Å². The Kier molecular flexibility index (Phi) is 7.67. The molecule has 0 atom stereocenters. The number of rotatable bonds is 5. The van der Waals surface area contributed by atoms with Crippen molar-refractivity contribution < 1.29 is 19.4 Å². The maximum Gasteiger partial charge on any atom is 0.339 e. The lowest BCUT2D eigenvalue weighted by atomic mass is 10.1. The molecule has 0 bridgehead atoms. The number of thiophene rings is 1. The van der Waals surface area contributed by atoms with Crippen LogP contribution in [0.2, 0.25) is 5.02 Å². The van der Waals surface area contributed by atoms with E-state index in [0.717, 1.165) is 10.7 Å². The van der Waals surface area contributed by atoms with Crippen molar-refractivity contribution in [1.29, 1.82) is 0 Å². The summed E-state index contributed by atoms with van der Waals surface area (Å²) in [5, 5.41) is 14.7. The zero-order valence-corrected chi connectivity index (χ0v) is 22.6. The van der Waals surface area contributed by atoms with E-state index < -0.39 is 5.97 Å². The van der Waals surface area contributed by atoms with Crippen LogP contribution in [0.3, 0.4) is 0 Å². The summed E-state index contributed by atoms with van der Waals surface area (Å²) in [6.45, 7) is 0. The summed E-state index contributed by atoms with van der Waals surface area (Å²) in [6, 6.07) is 8.68. The smallest absolute Gasteiger partial charge is 0.339 e. The molecule has 0 saturated heterocycles. The number of nitrogens with one attached hydrogen (secondary N) is 1. The van der Waals surface area contributed by atoms with E-state index >= 15 is 0 Å². The van der Waals surface area contributed by atoms with Crippen LogP contribution in [-0.2, 0) is 0 Å². The van der Waals surface area contributed by atoms with Crippen molar-refractivity contribution in [2.24, 2.45) is 0 Å². The Labute approximate surface area is 216 Å². The fourth-order valence-corrected chi connectivity index (χ4v) is 6.57. The van der Waals surface area contributed by atoms with Crippen molar-refractivity contribution >= 4 is 108 Å². The topological polar surface area (TPSA) is 75.6 Å². The standard InChI is InChI=1S/C19H11ClI3NO4S/c1-28-16-11(21)6-10(14(22)15(16)23)18(25)24-12-7-29-17(13(12)19(26)27)8-3-2-4-9(20)5-8/h2-7H,1H3,(H,24,25)(H,26,27). The number of methoxy groups -OCH3 is 1. The number of anilines is 1. The number of halogens is 4. The van der Waals surface area contributed by atoms with Crippen molar-refractivity contribution in [3.8, 4) is 16.2 Å². The van der Waals surface area contributed by atoms with Crippen molar-refractivity contribution in [1.82, 2.24) is 0 Å². The van der Waals surface area contributed by atoms with Crippen LogP contribution in [0.1, 0.15) is 20.7 Å². The quantitative estimate of drug-likeness (QED) is 0.221. The van der Waals surface area contributed by atoms with E-state index in [4.69, 9.17) is 16.3 Å². The molecular formula is C19H11ClI3NO4S. The zero-order chi connectivity index (χ0) is 21.3. The molecule has 3 rings (SSSR count). The number of hydrogen-bond donors (Lipinski definition) is 2. The van der Waals surface area contributed by atoms with Gasteiger partial charge in [-0.25, -0.2) is 4.79 Å². The molecule has 0 fully saturated rings. The number of benzene rings is 2. The van der Waals surface area contributed by atoms with Gasteiger partial charge < -0.3 is 15.2 Å². The molecule has 0 aliphatic rings. The third kappa shape index (κ3) is 4.83. The second kappa shape index (κ2) is 9.66. The maximum absolute atomic E-state index is 12.9. The van der Waals surface area contributed by atoms with Gasteiger partial charge in [0.1, 0.15) is 11.3 Å². The molecule has 2 aromatic carbocycles. The van der Waals surface area contributed by atoms with E-state index in [1.807, 2.05) is 0 Å². The molecule has 10 heteroatoms. The van der Waals surface area contributed by atoms with Crippen LogP contribution in [0, 0.1) is 10.7 Å². The number of hydrogen-bond acceptors (Lipinski definition) is 4. The molecule has 1 heterocycles. The third-order valence-electron chi connectivity index (χ3n) is 3.91. The predicted octanol–water partition coefficient (Wildman–Crippen LogP) is 6.84. The van der Waals surface area contributed by atoms with Crippen LogP contribution in [0.4, 0.5) is 5.69 Å². The van der Waals surface area contributed by atoms with Gasteiger partial charge in [-0.2, -0.15) is 0 Å². The first-order chi connectivity index (χ1) is 13.7. The van der Waals surface area contributed by atoms with E-state index in [1.54, 1.807) is 42.8 Å². The molecule has 0 unspecified atom stereocenters. The van der Waals surface area contributed by atoms with Gasteiger partial charge in [0.25, 0.3) is 5.91 Å². The molecule has 1 amide bonds. The van der Waals surface area contributed by atoms with Crippen molar-refractivity contribution in [3.05, 3.63) is 62.6 Å². The Morgan fingerprint density at radius 1 is 1.17 bits per heavy atom. The molecule has 0 radical (unpaired) electrons. The molecular weight excluding hydrogens is 754 g/mol. The minimum Gasteiger partial charge on any atom is -0.494 e. The average Bonchev–Trinajstić information content (AvgIpc) is 3.09. The van der Waals surface area contributed by atoms with Gasteiger partial charge in [0, 0.05) is 14.0 Å². The highest BCUT2D eigenvalue weighted by atomic mass is 127. The summed E-state index contributed by atoms with van der Waals surface area (Å²) in [5.74, 6) is -0.798. The van der Waals surface area contributed by atoms with Crippen LogP contribution in [-0.4, -0.2) is 24.1 Å². The Balaban J connectivity index is 2.01. The number of aromatic carboxylic acids is 1. The number of carbonyl (C=O) groups is 2. The summed E-state index contributed by atoms with van der Waals surface area (Å²) >= 11 is 13.6. The van der Waals surface area contributed by atoms with Gasteiger partial charge in [0.2, 0.25) is 0 Å². The van der Waals surface area contributed by atoms with Crippen molar-refractivity contribution in [2.75, 3.05) is 12.4 Å². The van der Waals surface area contributed by atoms with E-state index in [0.29, 0.717) is 26.8 Å². The molecule has 5 nitrogen and oxygen atoms in total. The Morgan fingerprint density at radius 2 is 1.90 bits per heavy atom. The molecule has 3 aromatic rings. The molecule has 29 heavy (non-hydrogen) atoms. The summed E-state index contributed by atoms with van der Waals surface area (Å²) in [4.78, 5) is 25.4. The summed E-state index contributed by atoms with van der Waals surface area (Å²) in [5.41, 5.74) is 1.42. The third-order valence-corrected chi connectivity index (χ3v) is 9.15. The van der Waals surface area contributed by atoms with Crippen LogP contribution >= 0.6 is 90.7 Å². The van der Waals surface area contributed by atoms with E-state index in [9.17, 15) is 14.7 Å². The minimum absolute atomic E-state index is 0.0403. The SMILES string of the molecule is COc1c(I)cc(C(=O)Nc2csc(-c3cccc(Cl)c3)c2C(=O)O)c(I)c1I. The van der Waals surface area contributed by atoms with E-state index in [-0.39, 0.29) is 17.2 Å². The monoisotopic (exact) mass is 765 g/mol. The molecule has 150 valence electrons. The first-order valence-corrected chi connectivity index (χ1v) is 12.4. The lowest BCUT2D eigenvalue weighted by molar-refractivity contribution is 0.0699. The average molecular weight is 766 g/mol. The summed E-state index contributed by atoms with van der Waals surface area (Å²) < 4.78 is 7.74. The van der Waals surface area contributed by atoms with Gasteiger partial charge >= 0.3 is 5.97 Å². The Hall–Kier alpha value is -0.640. The van der Waals surface area contributed by atoms with Crippen LogP contribution in [0.5, 0.6) is 5.75 Å². The van der Waals surface area contributed by atoms with Crippen LogP contribution < -0.4 is 10.1 Å². The van der Waals surface area contributed by atoms with Crippen LogP contribution in [0.25, 0.3) is 10.4 Å². The van der Waals surface area contributed by atoms with Gasteiger partial charge in [-0.05, 0) is 91.5 Å². The molecule has 1 aromatic heterocycles. The minimum atomic E-state index is -1.12. The normalized spacial score (nSPS) is 10.7. The fourth-order valence-electron chi connectivity index (χ4n) is 2.62. The van der Waals surface area contributed by atoms with Crippen molar-refractivity contribution in [3.63, 3.8) is 0 Å². The molecule has 0 aliphatic carbocycles. The fraction of sp³-hybridized carbons (Fsp3) is 0.0526. The highest BCUT2D eigenvalue weighted by molar-refractivity contribution is 14.1. The number of carboxylic acid groups (broad SMARTS) is 1. The number of carboxylic acids is 1. The summed E-state index contributed by atoms with van der Waals surface area (Å²) in [7, 11) is 1.58. The highest BCUT2D eigenvalue weighted by Gasteiger charge is 2.24. The second-order valence-electron chi connectivity index (χ2n) is 5.69. The molecule has 0 spiro atoms. The molecule has 0 saturated carbocycles. The zero-order valence-electron chi connectivity index (χ0n) is 14.6. The Bertz CT molecular complexity index is 1130. The maximum atomic E-state index is 12.9. The number of carbonyl (C=O) groups excluding carboxylic acids is 1. The lowest BCUT2D eigenvalue weighted by Gasteiger charge is -2.13. The summed E-state index contributed by atoms with van der Waals surface area (Å²) in [6.07, 6.45) is 0. The largest absolute Gasteiger partial charge is 0.494 e. The molecule has 2 N–H and O–H groups in total. The Morgan fingerprint density at radius 3 is 2.52 bits per heavy atom. The number of ether oxygens (including phenoxy) is 1. The van der Waals surface area contributed by atoms with E-state index in [2.05, 4.69) is 73.1 Å². The highest BCUT2D eigenvalue weighted by Crippen LogP contribution is 2.38. The van der Waals surface area contributed by atoms with Crippen molar-refractivity contribution in [2.45, 2.75) is 0 Å². The first-order valence-electron chi connectivity index (χ1n) is 7.88. The van der Waals surface area contributed by atoms with Gasteiger partial charge in [0.15, 0.2) is 0 Å². The first kappa shape index (κ1) is 23.0.